The van der Waals surface area contributed by atoms with E-state index in [0.29, 0.717) is 0 Å². The molecule has 8 heavy (non-hydrogen) atoms. The highest BCUT2D eigenvalue weighted by Crippen LogP contribution is 1.90. The van der Waals surface area contributed by atoms with E-state index in [1.807, 2.05) is 0 Å². The predicted molar refractivity (Wildman–Crippen MR) is 23.9 cm³/mol. The Hall–Kier alpha value is -0.640. The van der Waals surface area contributed by atoms with Gasteiger partial charge in [0.1, 0.15) is 0 Å². The number of carbonyl (C=O) groups excluding carboxylic acids is 1. The molecule has 0 aromatic carbocycles. The molecule has 0 aliphatic rings. The molecule has 0 amide bonds. The molecule has 0 aromatic heterocycles. The van der Waals surface area contributed by atoms with Gasteiger partial charge >= 0.3 is 5.97 Å². The molecular weight excluding hydrogens is 115 g/mol. The molecule has 0 heterocycles. The fraction of sp³-hybridized carbons (Fsp3) is 0.750. The van der Waals surface area contributed by atoms with E-state index in [1.54, 1.807) is 0 Å². The van der Waals surface area contributed by atoms with Crippen molar-refractivity contribution in [3.05, 3.63) is 0 Å². The summed E-state index contributed by atoms with van der Waals surface area (Å²) in [4.78, 5) is 13.2. The zero-order valence-corrected chi connectivity index (χ0v) is 4.26. The first-order chi connectivity index (χ1) is 3.81. The van der Waals surface area contributed by atoms with Gasteiger partial charge in [-0.25, -0.2) is 4.79 Å². The Labute approximate surface area is 46.0 Å². The quantitative estimate of drug-likeness (QED) is 0.444. The van der Waals surface area contributed by atoms with Gasteiger partial charge in [-0.05, 0) is 6.42 Å². The van der Waals surface area contributed by atoms with Crippen LogP contribution in [0.5, 0.6) is 0 Å². The molecule has 0 unspecified atom stereocenters. The van der Waals surface area contributed by atoms with Gasteiger partial charge in [0.05, 0.1) is 13.1 Å². The first-order valence-electron chi connectivity index (χ1n) is 2.21. The molecule has 48 valence electrons. The SMILES string of the molecule is O=C(CCCF)OO. The molecule has 0 atom stereocenters. The van der Waals surface area contributed by atoms with Crippen LogP contribution in [0.4, 0.5) is 4.39 Å². The topological polar surface area (TPSA) is 46.5 Å². The van der Waals surface area contributed by atoms with Gasteiger partial charge in [-0.15, -0.1) is 0 Å². The summed E-state index contributed by atoms with van der Waals surface area (Å²) in [5, 5.41) is 7.59. The maximum absolute atomic E-state index is 11.2. The third-order valence-electron chi connectivity index (χ3n) is 0.616. The van der Waals surface area contributed by atoms with Gasteiger partial charge in [-0.2, -0.15) is 5.26 Å². The number of halogens is 1. The van der Waals surface area contributed by atoms with Crippen LogP contribution in [0.3, 0.4) is 0 Å². The smallest absolute Gasteiger partial charge is 0.301 e. The summed E-state index contributed by atoms with van der Waals surface area (Å²) in [6, 6.07) is 0. The van der Waals surface area contributed by atoms with Gasteiger partial charge in [0, 0.05) is 0 Å². The number of alkyl halides is 1. The molecule has 0 spiro atoms. The Balaban J connectivity index is 2.99. The van der Waals surface area contributed by atoms with E-state index < -0.39 is 12.6 Å². The Kier molecular flexibility index (Phi) is 4.16. The highest BCUT2D eigenvalue weighted by atomic mass is 19.1. The van der Waals surface area contributed by atoms with Crippen molar-refractivity contribution in [1.82, 2.24) is 0 Å². The number of hydrogen-bond donors (Lipinski definition) is 1. The minimum absolute atomic E-state index is 0.0625. The Morgan fingerprint density at radius 2 is 2.38 bits per heavy atom. The van der Waals surface area contributed by atoms with E-state index >= 15 is 0 Å². The third-order valence-corrected chi connectivity index (χ3v) is 0.616. The molecule has 0 rings (SSSR count). The molecule has 0 saturated carbocycles. The van der Waals surface area contributed by atoms with Gasteiger partial charge in [0.2, 0.25) is 0 Å². The second kappa shape index (κ2) is 4.52. The Morgan fingerprint density at radius 3 is 2.75 bits per heavy atom. The maximum atomic E-state index is 11.2. The molecule has 3 nitrogen and oxygen atoms in total. The number of rotatable bonds is 3. The van der Waals surface area contributed by atoms with Crippen LogP contribution in [0.25, 0.3) is 0 Å². The summed E-state index contributed by atoms with van der Waals surface area (Å²) in [5.41, 5.74) is 0. The van der Waals surface area contributed by atoms with Crippen molar-refractivity contribution >= 4 is 5.97 Å². The summed E-state index contributed by atoms with van der Waals surface area (Å²) in [6.45, 7) is -0.560. The van der Waals surface area contributed by atoms with Crippen molar-refractivity contribution in [3.63, 3.8) is 0 Å². The molecule has 0 aliphatic heterocycles. The molecular formula is C4H7FO3. The average Bonchev–Trinajstić information content (AvgIpc) is 1.83. The monoisotopic (exact) mass is 122 g/mol. The van der Waals surface area contributed by atoms with E-state index in [1.165, 1.54) is 0 Å². The van der Waals surface area contributed by atoms with E-state index in [0.717, 1.165) is 0 Å². The number of hydrogen-bond acceptors (Lipinski definition) is 3. The zero-order chi connectivity index (χ0) is 6.41. The van der Waals surface area contributed by atoms with Crippen LogP contribution >= 0.6 is 0 Å². The van der Waals surface area contributed by atoms with Crippen LogP contribution in [0.1, 0.15) is 12.8 Å². The van der Waals surface area contributed by atoms with E-state index in [4.69, 9.17) is 5.26 Å². The van der Waals surface area contributed by atoms with Gasteiger partial charge in [0.15, 0.2) is 0 Å². The van der Waals surface area contributed by atoms with Crippen molar-refractivity contribution in [3.8, 4) is 0 Å². The lowest BCUT2D eigenvalue weighted by molar-refractivity contribution is -0.234. The summed E-state index contributed by atoms with van der Waals surface area (Å²) >= 11 is 0. The fourth-order valence-electron chi connectivity index (χ4n) is 0.257. The Bertz CT molecular complexity index is 73.7. The predicted octanol–water partition coefficient (Wildman–Crippen LogP) is 0.752. The minimum Gasteiger partial charge on any atom is -0.301 e. The van der Waals surface area contributed by atoms with Crippen LogP contribution in [0.15, 0.2) is 0 Å². The maximum Gasteiger partial charge on any atom is 0.342 e. The molecule has 0 aliphatic carbocycles. The van der Waals surface area contributed by atoms with Crippen molar-refractivity contribution in [2.45, 2.75) is 12.8 Å². The number of carbonyl (C=O) groups is 1. The van der Waals surface area contributed by atoms with Crippen molar-refractivity contribution in [1.29, 1.82) is 0 Å². The second-order valence-corrected chi connectivity index (χ2v) is 1.26. The summed E-state index contributed by atoms with van der Waals surface area (Å²) < 4.78 is 11.2. The highest BCUT2D eigenvalue weighted by Gasteiger charge is 1.98. The minimum atomic E-state index is -0.789. The van der Waals surface area contributed by atoms with Crippen LogP contribution in [-0.4, -0.2) is 17.9 Å². The third kappa shape index (κ3) is 3.55. The Morgan fingerprint density at radius 1 is 1.75 bits per heavy atom. The van der Waals surface area contributed by atoms with Crippen LogP contribution in [-0.2, 0) is 9.68 Å². The van der Waals surface area contributed by atoms with Gasteiger partial charge in [0.25, 0.3) is 0 Å². The fourth-order valence-corrected chi connectivity index (χ4v) is 0.257. The summed E-state index contributed by atoms with van der Waals surface area (Å²) in [7, 11) is 0. The largest absolute Gasteiger partial charge is 0.342 e. The normalized spacial score (nSPS) is 8.75. The van der Waals surface area contributed by atoms with Gasteiger partial charge < -0.3 is 4.89 Å². The standard InChI is InChI=1S/C4H7FO3/c5-3-1-2-4(6)8-7/h7H,1-3H2. The summed E-state index contributed by atoms with van der Waals surface area (Å²) in [6.07, 6.45) is 0.0480. The lowest BCUT2D eigenvalue weighted by Gasteiger charge is -1.89. The van der Waals surface area contributed by atoms with Gasteiger partial charge in [-0.3, -0.25) is 4.39 Å². The molecule has 1 N–H and O–H groups in total. The first kappa shape index (κ1) is 7.36. The first-order valence-corrected chi connectivity index (χ1v) is 2.21. The highest BCUT2D eigenvalue weighted by molar-refractivity contribution is 5.68. The van der Waals surface area contributed by atoms with Crippen LogP contribution in [0, 0.1) is 0 Å². The van der Waals surface area contributed by atoms with Crippen molar-refractivity contribution in [2.24, 2.45) is 0 Å². The van der Waals surface area contributed by atoms with E-state index in [9.17, 15) is 9.18 Å². The lowest BCUT2D eigenvalue weighted by Crippen LogP contribution is -1.99. The van der Waals surface area contributed by atoms with E-state index in [-0.39, 0.29) is 12.8 Å². The van der Waals surface area contributed by atoms with Gasteiger partial charge in [-0.1, -0.05) is 0 Å². The van der Waals surface area contributed by atoms with Crippen molar-refractivity contribution < 1.29 is 19.3 Å². The molecule has 0 bridgehead atoms. The molecule has 0 aromatic rings. The average molecular weight is 122 g/mol. The molecule has 4 heteroatoms. The van der Waals surface area contributed by atoms with Crippen LogP contribution in [0.2, 0.25) is 0 Å². The second-order valence-electron chi connectivity index (χ2n) is 1.26. The molecule has 0 saturated heterocycles. The van der Waals surface area contributed by atoms with E-state index in [2.05, 4.69) is 4.89 Å². The molecule has 0 fully saturated rings. The van der Waals surface area contributed by atoms with Crippen molar-refractivity contribution in [2.75, 3.05) is 6.67 Å². The summed E-state index contributed by atoms with van der Waals surface area (Å²) in [5.74, 6) is -0.789. The van der Waals surface area contributed by atoms with Crippen LogP contribution < -0.4 is 0 Å². The lowest BCUT2D eigenvalue weighted by atomic mass is 10.3. The molecule has 0 radical (unpaired) electrons. The zero-order valence-electron chi connectivity index (χ0n) is 4.26.